The van der Waals surface area contributed by atoms with Gasteiger partial charge in [0.1, 0.15) is 0 Å². The molecule has 0 fully saturated rings. The topological polar surface area (TPSA) is 0 Å². The number of rotatable bonds is 5. The summed E-state index contributed by atoms with van der Waals surface area (Å²) in [7, 11) is 0. The van der Waals surface area contributed by atoms with Gasteiger partial charge in [-0.15, -0.1) is 0 Å². The second-order valence-corrected chi connectivity index (χ2v) is 14.6. The zero-order valence-electron chi connectivity index (χ0n) is 29.2. The molecular weight excluding hydrogens is 625 g/mol. The standard InChI is InChI=1S/C52H40/c1-2-14-36(15-3-1)37-29-26-35(27-30-37)28-31-38-32-33-49(44-21-9-8-18-41(38)44)50-45-22-10-12-24-47(45)52(48-25-13-11-23-46(48)50)51-42-19-6-4-16-39(42)34-40-17-5-7-20-43(40)51/h1-26,28-29,31-34,39,42,45,47H,27,30H2. The van der Waals surface area contributed by atoms with Gasteiger partial charge in [-0.25, -0.2) is 0 Å². The van der Waals surface area contributed by atoms with E-state index in [4.69, 9.17) is 0 Å². The maximum atomic E-state index is 2.47. The fourth-order valence-electron chi connectivity index (χ4n) is 9.38. The first-order chi connectivity index (χ1) is 25.8. The van der Waals surface area contributed by atoms with Crippen LogP contribution in [0.3, 0.4) is 0 Å². The second kappa shape index (κ2) is 13.0. The Labute approximate surface area is 305 Å². The molecule has 5 aromatic rings. The molecule has 4 unspecified atom stereocenters. The van der Waals surface area contributed by atoms with Crippen molar-refractivity contribution in [3.63, 3.8) is 0 Å². The highest BCUT2D eigenvalue weighted by atomic mass is 14.4. The molecule has 0 heterocycles. The minimum atomic E-state index is 0.227. The Kier molecular flexibility index (Phi) is 7.68. The lowest BCUT2D eigenvalue weighted by Gasteiger charge is -2.38. The Morgan fingerprint density at radius 2 is 1.10 bits per heavy atom. The summed E-state index contributed by atoms with van der Waals surface area (Å²) in [5.74, 6) is 1.14. The normalized spacial score (nSPS) is 22.7. The van der Waals surface area contributed by atoms with Crippen LogP contribution >= 0.6 is 0 Å². The van der Waals surface area contributed by atoms with Crippen molar-refractivity contribution in [3.8, 4) is 0 Å². The Bertz CT molecular complexity index is 2740. The van der Waals surface area contributed by atoms with Gasteiger partial charge in [0.15, 0.2) is 0 Å². The van der Waals surface area contributed by atoms with Crippen LogP contribution in [-0.4, -0.2) is 0 Å². The average molecular weight is 665 g/mol. The summed E-state index contributed by atoms with van der Waals surface area (Å²) in [5.41, 5.74) is 11.1. The Morgan fingerprint density at radius 1 is 0.462 bits per heavy atom. The predicted octanol–water partition coefficient (Wildman–Crippen LogP) is 9.38. The molecule has 10 rings (SSSR count). The fraction of sp³-hybridized carbons (Fsp3) is 0.115. The van der Waals surface area contributed by atoms with Crippen molar-refractivity contribution in [2.24, 2.45) is 23.7 Å². The van der Waals surface area contributed by atoms with Crippen molar-refractivity contribution in [2.75, 3.05) is 0 Å². The van der Waals surface area contributed by atoms with Crippen molar-refractivity contribution >= 4 is 45.2 Å². The molecule has 0 bridgehead atoms. The molecular formula is C52H40. The van der Waals surface area contributed by atoms with Gasteiger partial charge < -0.3 is 0 Å². The number of allylic oxidation sites excluding steroid dienone is 13. The molecule has 0 aliphatic heterocycles. The van der Waals surface area contributed by atoms with Crippen LogP contribution in [-0.2, 0) is 0 Å². The average Bonchev–Trinajstić information content (AvgIpc) is 3.22. The van der Waals surface area contributed by atoms with Crippen molar-refractivity contribution in [1.29, 1.82) is 0 Å². The van der Waals surface area contributed by atoms with Gasteiger partial charge in [-0.05, 0) is 89.0 Å². The van der Waals surface area contributed by atoms with Gasteiger partial charge in [0.05, 0.1) is 0 Å². The molecule has 4 atom stereocenters. The van der Waals surface area contributed by atoms with Crippen molar-refractivity contribution in [3.05, 3.63) is 225 Å². The third kappa shape index (κ3) is 5.21. The molecule has 0 saturated heterocycles. The molecule has 0 heteroatoms. The van der Waals surface area contributed by atoms with Crippen LogP contribution in [0.15, 0.2) is 188 Å². The van der Waals surface area contributed by atoms with Gasteiger partial charge in [-0.1, -0.05) is 194 Å². The van der Waals surface area contributed by atoms with E-state index in [2.05, 4.69) is 194 Å². The summed E-state index contributed by atoms with van der Waals surface area (Å²) in [6.45, 7) is 0. The summed E-state index contributed by atoms with van der Waals surface area (Å²) < 4.78 is 0. The first kappa shape index (κ1) is 30.8. The number of benzene rings is 5. The third-order valence-electron chi connectivity index (χ3n) is 11.8. The largest absolute Gasteiger partial charge is 0.0767 e. The van der Waals surface area contributed by atoms with E-state index >= 15 is 0 Å². The summed E-state index contributed by atoms with van der Waals surface area (Å²) in [5, 5.41) is 8.05. The van der Waals surface area contributed by atoms with Gasteiger partial charge in [0.2, 0.25) is 0 Å². The van der Waals surface area contributed by atoms with Gasteiger partial charge >= 0.3 is 0 Å². The van der Waals surface area contributed by atoms with E-state index < -0.39 is 0 Å². The predicted molar refractivity (Wildman–Crippen MR) is 220 cm³/mol. The lowest BCUT2D eigenvalue weighted by Crippen LogP contribution is -2.44. The minimum absolute atomic E-state index is 0.227. The summed E-state index contributed by atoms with van der Waals surface area (Å²) in [4.78, 5) is 0. The molecule has 0 amide bonds. The van der Waals surface area contributed by atoms with E-state index in [-0.39, 0.29) is 11.8 Å². The van der Waals surface area contributed by atoms with Crippen LogP contribution in [0.25, 0.3) is 45.2 Å². The van der Waals surface area contributed by atoms with Gasteiger partial charge in [-0.2, -0.15) is 0 Å². The highest BCUT2D eigenvalue weighted by Crippen LogP contribution is 2.46. The van der Waals surface area contributed by atoms with E-state index in [0.717, 1.165) is 12.8 Å². The van der Waals surface area contributed by atoms with Crippen LogP contribution < -0.4 is 20.9 Å². The summed E-state index contributed by atoms with van der Waals surface area (Å²) >= 11 is 0. The molecule has 0 aromatic heterocycles. The molecule has 248 valence electrons. The van der Waals surface area contributed by atoms with E-state index in [1.54, 1.807) is 0 Å². The molecule has 0 N–H and O–H groups in total. The molecule has 5 aromatic carbocycles. The van der Waals surface area contributed by atoms with Crippen LogP contribution in [0.1, 0.15) is 29.5 Å². The highest BCUT2D eigenvalue weighted by molar-refractivity contribution is 6.02. The SMILES string of the molecule is C1=CC2C=c3ccccc3=C(C3=c4ccccc4=C(c4ccc(C=CC5=CC=C(c6ccccc6)CC5)c5ccccc45)C4C=CC=CC34)C2C=C1. The monoisotopic (exact) mass is 664 g/mol. The zero-order valence-corrected chi connectivity index (χ0v) is 29.2. The number of hydrogen-bond donors (Lipinski definition) is 0. The maximum absolute atomic E-state index is 2.47. The van der Waals surface area contributed by atoms with Crippen LogP contribution in [0.4, 0.5) is 0 Å². The van der Waals surface area contributed by atoms with E-state index in [1.165, 1.54) is 76.2 Å². The van der Waals surface area contributed by atoms with E-state index in [9.17, 15) is 0 Å². The van der Waals surface area contributed by atoms with E-state index in [1.807, 2.05) is 0 Å². The molecule has 0 nitrogen and oxygen atoms in total. The molecule has 0 saturated carbocycles. The summed E-state index contributed by atoms with van der Waals surface area (Å²) in [6, 6.07) is 42.8. The lowest BCUT2D eigenvalue weighted by atomic mass is 9.65. The van der Waals surface area contributed by atoms with Crippen LogP contribution in [0.5, 0.6) is 0 Å². The smallest absolute Gasteiger partial charge is 0.0137 e. The fourth-order valence-corrected chi connectivity index (χ4v) is 9.38. The Balaban J connectivity index is 1.15. The third-order valence-corrected chi connectivity index (χ3v) is 11.8. The number of fused-ring (bicyclic) bond motifs is 5. The van der Waals surface area contributed by atoms with E-state index in [0.29, 0.717) is 11.8 Å². The highest BCUT2D eigenvalue weighted by Gasteiger charge is 2.37. The number of hydrogen-bond acceptors (Lipinski definition) is 0. The van der Waals surface area contributed by atoms with Crippen molar-refractivity contribution < 1.29 is 0 Å². The maximum Gasteiger partial charge on any atom is 0.0137 e. The summed E-state index contributed by atoms with van der Waals surface area (Å²) in [6.07, 6.45) is 32.6. The Hall–Kier alpha value is -5.98. The van der Waals surface area contributed by atoms with Gasteiger partial charge in [0, 0.05) is 23.7 Å². The van der Waals surface area contributed by atoms with Gasteiger partial charge in [0.25, 0.3) is 0 Å². The first-order valence-electron chi connectivity index (χ1n) is 18.8. The van der Waals surface area contributed by atoms with Crippen LogP contribution in [0, 0.1) is 23.7 Å². The van der Waals surface area contributed by atoms with Gasteiger partial charge in [-0.3, -0.25) is 0 Å². The first-order valence-corrected chi connectivity index (χ1v) is 18.8. The molecule has 52 heavy (non-hydrogen) atoms. The van der Waals surface area contributed by atoms with Crippen LogP contribution in [0.2, 0.25) is 0 Å². The minimum Gasteiger partial charge on any atom is -0.0767 e. The van der Waals surface area contributed by atoms with Crippen molar-refractivity contribution in [2.45, 2.75) is 12.8 Å². The van der Waals surface area contributed by atoms with Crippen molar-refractivity contribution in [1.82, 2.24) is 0 Å². The molecule has 5 aliphatic rings. The molecule has 5 aliphatic carbocycles. The molecule has 0 radical (unpaired) electrons. The quantitative estimate of drug-likeness (QED) is 0.176. The lowest BCUT2D eigenvalue weighted by molar-refractivity contribution is 0.662. The Morgan fingerprint density at radius 3 is 1.88 bits per heavy atom. The zero-order chi connectivity index (χ0) is 34.4. The molecule has 0 spiro atoms. The second-order valence-electron chi connectivity index (χ2n) is 14.6.